The Morgan fingerprint density at radius 2 is 2.33 bits per heavy atom. The van der Waals surface area contributed by atoms with Gasteiger partial charge in [0.25, 0.3) is 0 Å². The molecule has 0 saturated heterocycles. The van der Waals surface area contributed by atoms with E-state index in [1.54, 1.807) is 0 Å². The van der Waals surface area contributed by atoms with Gasteiger partial charge in [-0.25, -0.2) is 0 Å². The van der Waals surface area contributed by atoms with E-state index in [1.807, 2.05) is 0 Å². The third-order valence-electron chi connectivity index (χ3n) is 2.62. The molecule has 0 spiro atoms. The van der Waals surface area contributed by atoms with Crippen LogP contribution in [0.5, 0.6) is 0 Å². The molecule has 0 amide bonds. The van der Waals surface area contributed by atoms with Crippen LogP contribution in [0.2, 0.25) is 0 Å². The van der Waals surface area contributed by atoms with Gasteiger partial charge in [-0.3, -0.25) is 0 Å². The Morgan fingerprint density at radius 3 is 2.92 bits per heavy atom. The lowest BCUT2D eigenvalue weighted by molar-refractivity contribution is 0.499. The van der Waals surface area contributed by atoms with Crippen molar-refractivity contribution in [2.45, 2.75) is 45.4 Å². The zero-order valence-corrected chi connectivity index (χ0v) is 8.18. The first kappa shape index (κ1) is 9.57. The zero-order valence-electron chi connectivity index (χ0n) is 8.18. The van der Waals surface area contributed by atoms with Crippen molar-refractivity contribution in [3.63, 3.8) is 0 Å². The summed E-state index contributed by atoms with van der Waals surface area (Å²) in [4.78, 5) is 0. The van der Waals surface area contributed by atoms with Crippen molar-refractivity contribution in [3.8, 4) is 0 Å². The van der Waals surface area contributed by atoms with E-state index in [1.165, 1.54) is 44.1 Å². The van der Waals surface area contributed by atoms with Crippen LogP contribution < -0.4 is 0 Å². The lowest BCUT2D eigenvalue weighted by Crippen LogP contribution is -2.01. The summed E-state index contributed by atoms with van der Waals surface area (Å²) in [5.74, 6) is 0.849. The van der Waals surface area contributed by atoms with Gasteiger partial charge in [-0.05, 0) is 25.2 Å². The molecule has 68 valence electrons. The third-order valence-corrected chi connectivity index (χ3v) is 2.62. The lowest BCUT2D eigenvalue weighted by atomic mass is 9.89. The Labute approximate surface area is 76.4 Å². The van der Waals surface area contributed by atoms with Crippen LogP contribution in [0.3, 0.4) is 0 Å². The molecule has 0 aromatic carbocycles. The average molecular weight is 164 g/mol. The predicted octanol–water partition coefficient (Wildman–Crippen LogP) is 4.09. The first-order chi connectivity index (χ1) is 5.83. The van der Waals surface area contributed by atoms with Crippen LogP contribution in [-0.4, -0.2) is 0 Å². The van der Waals surface area contributed by atoms with E-state index >= 15 is 0 Å². The average Bonchev–Trinajstić information content (AvgIpc) is 2.09. The van der Waals surface area contributed by atoms with E-state index in [2.05, 4.69) is 25.7 Å². The van der Waals surface area contributed by atoms with Crippen LogP contribution in [-0.2, 0) is 0 Å². The Balaban J connectivity index is 2.17. The highest BCUT2D eigenvalue weighted by atomic mass is 14.1. The van der Waals surface area contributed by atoms with Crippen molar-refractivity contribution >= 4 is 0 Å². The lowest BCUT2D eigenvalue weighted by Gasteiger charge is -2.16. The van der Waals surface area contributed by atoms with Gasteiger partial charge in [0.15, 0.2) is 0 Å². The van der Waals surface area contributed by atoms with Gasteiger partial charge in [0.05, 0.1) is 0 Å². The second-order valence-electron chi connectivity index (χ2n) is 3.81. The third kappa shape index (κ3) is 3.25. The van der Waals surface area contributed by atoms with Crippen molar-refractivity contribution in [1.29, 1.82) is 0 Å². The second-order valence-corrected chi connectivity index (χ2v) is 3.81. The number of allylic oxidation sites excluding steroid dienone is 3. The number of hydrogen-bond donors (Lipinski definition) is 0. The fourth-order valence-corrected chi connectivity index (χ4v) is 1.72. The molecule has 0 radical (unpaired) electrons. The van der Waals surface area contributed by atoms with Crippen molar-refractivity contribution in [1.82, 2.24) is 0 Å². The summed E-state index contributed by atoms with van der Waals surface area (Å²) in [5, 5.41) is 0. The molecule has 1 atom stereocenters. The molecule has 1 aliphatic rings. The molecule has 0 saturated carbocycles. The summed E-state index contributed by atoms with van der Waals surface area (Å²) < 4.78 is 0. The maximum absolute atomic E-state index is 3.96. The molecular weight excluding hydrogens is 144 g/mol. The van der Waals surface area contributed by atoms with E-state index in [0.717, 1.165) is 5.92 Å². The molecule has 0 N–H and O–H groups in total. The fourth-order valence-electron chi connectivity index (χ4n) is 1.72. The van der Waals surface area contributed by atoms with Crippen LogP contribution in [0.1, 0.15) is 45.4 Å². The predicted molar refractivity (Wildman–Crippen MR) is 55.1 cm³/mol. The molecule has 0 aromatic rings. The van der Waals surface area contributed by atoms with Crippen LogP contribution in [0, 0.1) is 5.92 Å². The van der Waals surface area contributed by atoms with E-state index in [4.69, 9.17) is 0 Å². The van der Waals surface area contributed by atoms with E-state index < -0.39 is 0 Å². The molecule has 12 heavy (non-hydrogen) atoms. The first-order valence-electron chi connectivity index (χ1n) is 5.19. The van der Waals surface area contributed by atoms with Gasteiger partial charge in [-0.2, -0.15) is 0 Å². The highest BCUT2D eigenvalue weighted by Gasteiger charge is 2.08. The highest BCUT2D eigenvalue weighted by molar-refractivity contribution is 5.18. The van der Waals surface area contributed by atoms with Crippen molar-refractivity contribution in [3.05, 3.63) is 24.3 Å². The quantitative estimate of drug-likeness (QED) is 0.549. The summed E-state index contributed by atoms with van der Waals surface area (Å²) in [7, 11) is 0. The van der Waals surface area contributed by atoms with Crippen LogP contribution >= 0.6 is 0 Å². The van der Waals surface area contributed by atoms with Crippen molar-refractivity contribution in [2.75, 3.05) is 0 Å². The number of hydrogen-bond acceptors (Lipinski definition) is 0. The van der Waals surface area contributed by atoms with Gasteiger partial charge in [0, 0.05) is 0 Å². The molecular formula is C12H20. The van der Waals surface area contributed by atoms with Crippen molar-refractivity contribution in [2.24, 2.45) is 5.92 Å². The van der Waals surface area contributed by atoms with E-state index in [0.29, 0.717) is 0 Å². The summed E-state index contributed by atoms with van der Waals surface area (Å²) >= 11 is 0. The number of unbranched alkanes of at least 4 members (excludes halogenated alkanes) is 2. The van der Waals surface area contributed by atoms with E-state index in [9.17, 15) is 0 Å². The van der Waals surface area contributed by atoms with Gasteiger partial charge in [0.2, 0.25) is 0 Å². The summed E-state index contributed by atoms with van der Waals surface area (Å²) in [6.45, 7) is 6.22. The highest BCUT2D eigenvalue weighted by Crippen LogP contribution is 2.24. The van der Waals surface area contributed by atoms with Gasteiger partial charge >= 0.3 is 0 Å². The SMILES string of the molecule is C=C1C=CC(CCCCC)CC1. The van der Waals surface area contributed by atoms with E-state index in [-0.39, 0.29) is 0 Å². The normalized spacial score (nSPS) is 23.1. The molecule has 1 aliphatic carbocycles. The maximum Gasteiger partial charge on any atom is -0.0227 e. The molecule has 0 bridgehead atoms. The van der Waals surface area contributed by atoms with Crippen LogP contribution in [0.15, 0.2) is 24.3 Å². The minimum atomic E-state index is 0.849. The smallest absolute Gasteiger partial charge is 0.0227 e. The van der Waals surface area contributed by atoms with Crippen molar-refractivity contribution < 1.29 is 0 Å². The minimum Gasteiger partial charge on any atom is -0.0958 e. The monoisotopic (exact) mass is 164 g/mol. The molecule has 1 rings (SSSR count). The largest absolute Gasteiger partial charge is 0.0958 e. The summed E-state index contributed by atoms with van der Waals surface area (Å²) in [6.07, 6.45) is 12.6. The van der Waals surface area contributed by atoms with Gasteiger partial charge < -0.3 is 0 Å². The summed E-state index contributed by atoms with van der Waals surface area (Å²) in [5.41, 5.74) is 1.31. The molecule has 0 aliphatic heterocycles. The van der Waals surface area contributed by atoms with Crippen LogP contribution in [0.25, 0.3) is 0 Å². The van der Waals surface area contributed by atoms with Gasteiger partial charge in [-0.1, -0.05) is 50.5 Å². The minimum absolute atomic E-state index is 0.849. The topological polar surface area (TPSA) is 0 Å². The molecule has 0 heteroatoms. The van der Waals surface area contributed by atoms with Crippen LogP contribution in [0.4, 0.5) is 0 Å². The Hall–Kier alpha value is -0.520. The zero-order chi connectivity index (χ0) is 8.81. The Kier molecular flexibility index (Phi) is 4.13. The standard InChI is InChI=1S/C12H20/c1-3-4-5-6-12-9-7-11(2)8-10-12/h7,9,12H,2-6,8,10H2,1H3. The summed E-state index contributed by atoms with van der Waals surface area (Å²) in [6, 6.07) is 0. The molecule has 1 unspecified atom stereocenters. The van der Waals surface area contributed by atoms with Gasteiger partial charge in [-0.15, -0.1) is 0 Å². The van der Waals surface area contributed by atoms with Gasteiger partial charge in [0.1, 0.15) is 0 Å². The first-order valence-corrected chi connectivity index (χ1v) is 5.19. The Bertz CT molecular complexity index is 165. The molecule has 0 heterocycles. The second kappa shape index (κ2) is 5.18. The number of rotatable bonds is 4. The molecule has 0 fully saturated rings. The molecule has 0 nitrogen and oxygen atoms in total. The fraction of sp³-hybridized carbons (Fsp3) is 0.667. The maximum atomic E-state index is 3.96. The molecule has 0 aromatic heterocycles. The Morgan fingerprint density at radius 1 is 1.50 bits per heavy atom.